The molecule has 0 saturated heterocycles. The Hall–Kier alpha value is -3.05. The number of halogens is 7. The molecule has 12 heteroatoms. The maximum Gasteiger partial charge on any atom is 0.458 e. The van der Waals surface area contributed by atoms with Crippen LogP contribution < -0.4 is 15.4 Å². The smallest absolute Gasteiger partial charge is 0.451 e. The van der Waals surface area contributed by atoms with Gasteiger partial charge in [-0.25, -0.2) is 14.2 Å². The van der Waals surface area contributed by atoms with Gasteiger partial charge in [0.2, 0.25) is 0 Å². The second kappa shape index (κ2) is 7.52. The van der Waals surface area contributed by atoms with Crippen LogP contribution in [0, 0.1) is 12.7 Å². The summed E-state index contributed by atoms with van der Waals surface area (Å²) >= 11 is 0. The van der Waals surface area contributed by atoms with Crippen molar-refractivity contribution in [3.8, 4) is 5.75 Å². The number of alkyl halides is 6. The molecule has 0 fully saturated rings. The topological polar surface area (TPSA) is 63.2 Å². The van der Waals surface area contributed by atoms with Gasteiger partial charge in [-0.15, -0.1) is 0 Å². The van der Waals surface area contributed by atoms with Crippen LogP contribution in [0.15, 0.2) is 42.6 Å². The first-order valence-electron chi connectivity index (χ1n) is 7.44. The molecule has 5 nitrogen and oxygen atoms in total. The molecule has 2 amide bonds. The fraction of sp³-hybridized carbons (Fsp3) is 0.250. The lowest BCUT2D eigenvalue weighted by Crippen LogP contribution is -2.71. The fourth-order valence-electron chi connectivity index (χ4n) is 2.04. The van der Waals surface area contributed by atoms with Crippen molar-refractivity contribution in [3.63, 3.8) is 0 Å². The lowest BCUT2D eigenvalue weighted by Gasteiger charge is -2.37. The number of carbonyl (C=O) groups is 1. The molecule has 0 radical (unpaired) electrons. The number of anilines is 1. The molecule has 2 rings (SSSR count). The Morgan fingerprint density at radius 2 is 1.57 bits per heavy atom. The number of ether oxygens (including phenoxy) is 1. The molecular weight excluding hydrogens is 399 g/mol. The van der Waals surface area contributed by atoms with Crippen molar-refractivity contribution in [2.75, 3.05) is 5.32 Å². The second-order valence-corrected chi connectivity index (χ2v) is 5.53. The van der Waals surface area contributed by atoms with Crippen LogP contribution in [0.3, 0.4) is 0 Å². The third-order valence-electron chi connectivity index (χ3n) is 3.33. The molecule has 28 heavy (non-hydrogen) atoms. The number of aryl methyl sites for hydroxylation is 1. The fourth-order valence-corrected chi connectivity index (χ4v) is 2.04. The zero-order valence-corrected chi connectivity index (χ0v) is 14.0. The molecule has 0 aliphatic carbocycles. The number of hydrogen-bond donors (Lipinski definition) is 2. The van der Waals surface area contributed by atoms with Gasteiger partial charge in [0.25, 0.3) is 0 Å². The molecule has 1 aromatic carbocycles. The quantitative estimate of drug-likeness (QED) is 0.573. The maximum atomic E-state index is 13.4. The van der Waals surface area contributed by atoms with Gasteiger partial charge in [0.1, 0.15) is 17.4 Å². The number of pyridine rings is 1. The van der Waals surface area contributed by atoms with Gasteiger partial charge in [0.15, 0.2) is 0 Å². The van der Waals surface area contributed by atoms with Crippen LogP contribution in [0.25, 0.3) is 0 Å². The predicted octanol–water partition coefficient (Wildman–Crippen LogP) is 4.55. The molecule has 0 atom stereocenters. The highest BCUT2D eigenvalue weighted by Gasteiger charge is 2.75. The largest absolute Gasteiger partial charge is 0.458 e. The van der Waals surface area contributed by atoms with Crippen molar-refractivity contribution in [1.82, 2.24) is 10.3 Å². The van der Waals surface area contributed by atoms with E-state index in [1.165, 1.54) is 18.3 Å². The van der Waals surface area contributed by atoms with Crippen molar-refractivity contribution in [1.29, 1.82) is 0 Å². The first-order valence-corrected chi connectivity index (χ1v) is 7.44. The maximum absolute atomic E-state index is 13.4. The molecule has 0 bridgehead atoms. The highest BCUT2D eigenvalue weighted by Crippen LogP contribution is 2.44. The number of aromatic nitrogens is 1. The van der Waals surface area contributed by atoms with Gasteiger partial charge in [-0.2, -0.15) is 26.3 Å². The van der Waals surface area contributed by atoms with E-state index in [0.717, 1.165) is 5.32 Å². The second-order valence-electron chi connectivity index (χ2n) is 5.53. The molecular formula is C16H12F7N3O2. The minimum absolute atomic E-state index is 0.280. The van der Waals surface area contributed by atoms with E-state index in [1.54, 1.807) is 12.2 Å². The highest BCUT2D eigenvalue weighted by molar-refractivity contribution is 5.88. The number of benzene rings is 1. The van der Waals surface area contributed by atoms with Crippen molar-refractivity contribution in [2.45, 2.75) is 25.0 Å². The molecule has 0 aliphatic heterocycles. The average Bonchev–Trinajstić information content (AvgIpc) is 2.54. The van der Waals surface area contributed by atoms with E-state index in [9.17, 15) is 35.5 Å². The van der Waals surface area contributed by atoms with Crippen LogP contribution >= 0.6 is 0 Å². The molecule has 0 aliphatic rings. The van der Waals surface area contributed by atoms with Gasteiger partial charge in [-0.3, -0.25) is 10.6 Å². The summed E-state index contributed by atoms with van der Waals surface area (Å²) < 4.78 is 97.5. The summed E-state index contributed by atoms with van der Waals surface area (Å²) in [5.41, 5.74) is -4.54. The monoisotopic (exact) mass is 411 g/mol. The third-order valence-corrected chi connectivity index (χ3v) is 3.33. The van der Waals surface area contributed by atoms with Gasteiger partial charge < -0.3 is 4.74 Å². The Morgan fingerprint density at radius 3 is 2.07 bits per heavy atom. The van der Waals surface area contributed by atoms with Gasteiger partial charge in [0, 0.05) is 6.20 Å². The van der Waals surface area contributed by atoms with E-state index < -0.39 is 35.7 Å². The molecule has 2 aromatic rings. The van der Waals surface area contributed by atoms with Gasteiger partial charge in [-0.05, 0) is 48.9 Å². The lowest BCUT2D eigenvalue weighted by molar-refractivity contribution is -0.364. The molecule has 0 spiro atoms. The van der Waals surface area contributed by atoms with Crippen molar-refractivity contribution in [2.24, 2.45) is 0 Å². The van der Waals surface area contributed by atoms with Gasteiger partial charge in [-0.1, -0.05) is 0 Å². The molecule has 1 aromatic heterocycles. The van der Waals surface area contributed by atoms with Crippen LogP contribution in [0.4, 0.5) is 41.3 Å². The summed E-state index contributed by atoms with van der Waals surface area (Å²) in [6.45, 7) is 1.57. The van der Waals surface area contributed by atoms with Crippen molar-refractivity contribution < 1.29 is 40.3 Å². The molecule has 0 saturated carbocycles. The van der Waals surface area contributed by atoms with Crippen LogP contribution in [0.2, 0.25) is 0 Å². The summed E-state index contributed by atoms with van der Waals surface area (Å²) in [4.78, 5) is 15.5. The molecule has 0 unspecified atom stereocenters. The van der Waals surface area contributed by atoms with Crippen LogP contribution in [-0.4, -0.2) is 29.1 Å². The predicted molar refractivity (Wildman–Crippen MR) is 83.0 cm³/mol. The third kappa shape index (κ3) is 4.61. The molecule has 152 valence electrons. The normalized spacial score (nSPS) is 12.4. The zero-order valence-electron chi connectivity index (χ0n) is 14.0. The zero-order chi connectivity index (χ0) is 21.2. The Balaban J connectivity index is 2.39. The summed E-state index contributed by atoms with van der Waals surface area (Å²) in [7, 11) is 0. The molecule has 2 N–H and O–H groups in total. The number of urea groups is 1. The van der Waals surface area contributed by atoms with E-state index in [1.807, 2.05) is 0 Å². The Labute approximate surface area is 153 Å². The Morgan fingerprint density at radius 1 is 1.00 bits per heavy atom. The first-order chi connectivity index (χ1) is 12.8. The van der Waals surface area contributed by atoms with E-state index in [4.69, 9.17) is 0 Å². The van der Waals surface area contributed by atoms with E-state index in [-0.39, 0.29) is 5.82 Å². The number of nitrogens with zero attached hydrogens (tertiary/aromatic N) is 1. The number of amides is 2. The number of rotatable bonds is 4. The number of carbonyl (C=O) groups excluding carboxylic acids is 1. The number of nitrogens with one attached hydrogen (secondary N) is 2. The van der Waals surface area contributed by atoms with Gasteiger partial charge in [0.05, 0.1) is 0 Å². The SMILES string of the molecule is Cc1ccnc(NC(=O)NC(Oc2ccc(F)cc2)(C(F)(F)F)C(F)(F)F)c1. The summed E-state index contributed by atoms with van der Waals surface area (Å²) in [6, 6.07) is 3.18. The Kier molecular flexibility index (Phi) is 5.71. The van der Waals surface area contributed by atoms with Crippen molar-refractivity contribution in [3.05, 3.63) is 54.0 Å². The van der Waals surface area contributed by atoms with Crippen LogP contribution in [0.1, 0.15) is 5.56 Å². The summed E-state index contributed by atoms with van der Waals surface area (Å²) in [6.07, 6.45) is -11.0. The van der Waals surface area contributed by atoms with E-state index in [0.29, 0.717) is 29.8 Å². The van der Waals surface area contributed by atoms with Crippen LogP contribution in [-0.2, 0) is 0 Å². The molecule has 1 heterocycles. The van der Waals surface area contributed by atoms with E-state index in [2.05, 4.69) is 9.72 Å². The Bertz CT molecular complexity index is 821. The van der Waals surface area contributed by atoms with Crippen LogP contribution in [0.5, 0.6) is 5.75 Å². The first kappa shape index (κ1) is 21.3. The van der Waals surface area contributed by atoms with Gasteiger partial charge >= 0.3 is 24.1 Å². The summed E-state index contributed by atoms with van der Waals surface area (Å²) in [5.74, 6) is -2.16. The minimum atomic E-state index is -6.11. The average molecular weight is 411 g/mol. The lowest BCUT2D eigenvalue weighted by atomic mass is 10.2. The van der Waals surface area contributed by atoms with E-state index >= 15 is 0 Å². The highest BCUT2D eigenvalue weighted by atomic mass is 19.4. The minimum Gasteiger partial charge on any atom is -0.451 e. The summed E-state index contributed by atoms with van der Waals surface area (Å²) in [5, 5.41) is 2.56. The standard InChI is InChI=1S/C16H12F7N3O2/c1-9-6-7-24-12(8-9)25-13(27)26-14(15(18,19)20,16(21,22)23)28-11-4-2-10(17)3-5-11/h2-8H,1H3,(H2,24,25,26,27). The number of hydrogen-bond acceptors (Lipinski definition) is 3. The van der Waals surface area contributed by atoms with Crippen molar-refractivity contribution >= 4 is 11.8 Å².